The van der Waals surface area contributed by atoms with Crippen LogP contribution in [0.4, 0.5) is 14.6 Å². The normalized spacial score (nSPS) is 24.9. The number of hydrogen-bond donors (Lipinski definition) is 1. The second-order valence-electron chi connectivity index (χ2n) is 9.74. The Hall–Kier alpha value is -3.00. The van der Waals surface area contributed by atoms with Crippen LogP contribution in [0.2, 0.25) is 0 Å². The molecule has 186 valence electrons. The number of likely N-dealkylation sites (N-methyl/N-ethyl adjacent to an activating group) is 1. The number of rotatable bonds is 6. The van der Waals surface area contributed by atoms with Gasteiger partial charge in [0.25, 0.3) is 0 Å². The number of fused-ring (bicyclic) bond motifs is 2. The summed E-state index contributed by atoms with van der Waals surface area (Å²) in [5, 5.41) is 14.3. The molecule has 8 heteroatoms. The van der Waals surface area contributed by atoms with Gasteiger partial charge in [-0.25, -0.2) is 0 Å². The summed E-state index contributed by atoms with van der Waals surface area (Å²) in [6.45, 7) is 9.51. The zero-order valence-corrected chi connectivity index (χ0v) is 21.0. The summed E-state index contributed by atoms with van der Waals surface area (Å²) in [4.78, 5) is 4.86. The van der Waals surface area contributed by atoms with Crippen molar-refractivity contribution in [3.63, 3.8) is 0 Å². The SMILES string of the molecule is C/C=c1/c(C)nnc(N[C@H](C)c2cccc3c2OCC3(F)F)/c1=C/C(=C/CC)N1CC2C1CN2C. The van der Waals surface area contributed by atoms with E-state index in [1.165, 1.54) is 11.8 Å². The highest BCUT2D eigenvalue weighted by atomic mass is 19.3. The third-order valence-electron chi connectivity index (χ3n) is 7.49. The molecule has 2 unspecified atom stereocenters. The van der Waals surface area contributed by atoms with Gasteiger partial charge in [0.05, 0.1) is 23.3 Å². The lowest BCUT2D eigenvalue weighted by atomic mass is 9.85. The minimum Gasteiger partial charge on any atom is -0.486 e. The van der Waals surface area contributed by atoms with Crippen LogP contribution in [0.3, 0.4) is 0 Å². The number of para-hydroxylation sites is 1. The molecule has 0 amide bonds. The van der Waals surface area contributed by atoms with Gasteiger partial charge in [0, 0.05) is 40.8 Å². The Morgan fingerprint density at radius 3 is 2.71 bits per heavy atom. The molecule has 0 saturated carbocycles. The van der Waals surface area contributed by atoms with Gasteiger partial charge in [0.2, 0.25) is 0 Å². The van der Waals surface area contributed by atoms with E-state index in [1.54, 1.807) is 6.07 Å². The van der Waals surface area contributed by atoms with Crippen LogP contribution in [0, 0.1) is 6.92 Å². The Kier molecular flexibility index (Phi) is 6.03. The summed E-state index contributed by atoms with van der Waals surface area (Å²) in [7, 11) is 2.18. The fraction of sp³-hybridized carbons (Fsp3) is 0.481. The minimum atomic E-state index is -2.97. The Morgan fingerprint density at radius 1 is 1.26 bits per heavy atom. The van der Waals surface area contributed by atoms with Gasteiger partial charge in [-0.15, -0.1) is 5.10 Å². The van der Waals surface area contributed by atoms with Crippen molar-refractivity contribution in [2.75, 3.05) is 32.1 Å². The molecular weight excluding hydrogens is 448 g/mol. The highest BCUT2D eigenvalue weighted by molar-refractivity contribution is 5.57. The van der Waals surface area contributed by atoms with Crippen LogP contribution in [0.5, 0.6) is 5.75 Å². The number of benzene rings is 1. The fourth-order valence-corrected chi connectivity index (χ4v) is 5.43. The Bertz CT molecular complexity index is 1290. The zero-order valence-electron chi connectivity index (χ0n) is 21.0. The van der Waals surface area contributed by atoms with Crippen molar-refractivity contribution < 1.29 is 13.5 Å². The monoisotopic (exact) mass is 481 g/mol. The molecular formula is C27H33F2N5O. The summed E-state index contributed by atoms with van der Waals surface area (Å²) < 4.78 is 33.9. The van der Waals surface area contributed by atoms with Crippen LogP contribution in [0.25, 0.3) is 12.2 Å². The van der Waals surface area contributed by atoms with E-state index in [9.17, 15) is 8.78 Å². The standard InChI is InChI=1S/C27H33F2N5O/c1-6-9-18(34-14-23-24(34)13-33(23)5)12-21-19(7-2)17(4)31-32-26(21)30-16(3)20-10-8-11-22-25(20)35-15-27(22,28)29/h7-12,16,23-24H,6,13-15H2,1-5H3,(H,30,32)/b18-9-,19-7-,21-12+/t16-,23?,24?/m1/s1. The molecule has 1 N–H and O–H groups in total. The number of alkyl halides is 2. The molecule has 3 aliphatic rings. The number of ether oxygens (including phenoxy) is 1. The maximum Gasteiger partial charge on any atom is 0.310 e. The molecule has 0 radical (unpaired) electrons. The predicted molar refractivity (Wildman–Crippen MR) is 134 cm³/mol. The molecule has 6 nitrogen and oxygen atoms in total. The van der Waals surface area contributed by atoms with Gasteiger partial charge < -0.3 is 15.0 Å². The summed E-state index contributed by atoms with van der Waals surface area (Å²) in [5.74, 6) is -2.08. The largest absolute Gasteiger partial charge is 0.486 e. The van der Waals surface area contributed by atoms with E-state index < -0.39 is 12.5 Å². The quantitative estimate of drug-likeness (QED) is 0.683. The Morgan fingerprint density at radius 2 is 2.06 bits per heavy atom. The Balaban J connectivity index is 1.53. The maximum absolute atomic E-state index is 14.2. The average molecular weight is 482 g/mol. The van der Waals surface area contributed by atoms with Crippen LogP contribution >= 0.6 is 0 Å². The van der Waals surface area contributed by atoms with Gasteiger partial charge in [-0.2, -0.15) is 13.9 Å². The number of halogens is 2. The molecule has 5 rings (SSSR count). The number of hydrogen-bond acceptors (Lipinski definition) is 6. The van der Waals surface area contributed by atoms with Crippen LogP contribution in [0.1, 0.15) is 50.1 Å². The van der Waals surface area contributed by atoms with Gasteiger partial charge >= 0.3 is 5.92 Å². The summed E-state index contributed by atoms with van der Waals surface area (Å²) in [5.41, 5.74) is 2.67. The summed E-state index contributed by atoms with van der Waals surface area (Å²) >= 11 is 0. The smallest absolute Gasteiger partial charge is 0.310 e. The second kappa shape index (κ2) is 8.90. The molecule has 0 spiro atoms. The molecule has 0 aliphatic carbocycles. The first-order valence-electron chi connectivity index (χ1n) is 12.3. The molecule has 1 aromatic carbocycles. The molecule has 2 saturated heterocycles. The number of aromatic nitrogens is 2. The van der Waals surface area contributed by atoms with E-state index in [4.69, 9.17) is 4.74 Å². The van der Waals surface area contributed by atoms with Crippen molar-refractivity contribution in [1.82, 2.24) is 20.0 Å². The Labute approximate surface area is 205 Å². The van der Waals surface area contributed by atoms with Crippen molar-refractivity contribution in [2.45, 2.75) is 58.2 Å². The second-order valence-corrected chi connectivity index (χ2v) is 9.74. The first-order valence-corrected chi connectivity index (χ1v) is 12.3. The molecule has 4 heterocycles. The molecule has 3 aliphatic heterocycles. The zero-order chi connectivity index (χ0) is 24.9. The number of aryl methyl sites for hydroxylation is 1. The number of piperazine rings is 1. The molecule has 35 heavy (non-hydrogen) atoms. The van der Waals surface area contributed by atoms with Crippen molar-refractivity contribution in [3.8, 4) is 5.75 Å². The topological polar surface area (TPSA) is 53.5 Å². The lowest BCUT2D eigenvalue weighted by Gasteiger charge is -2.62. The van der Waals surface area contributed by atoms with E-state index in [1.807, 2.05) is 26.8 Å². The van der Waals surface area contributed by atoms with Crippen LogP contribution in [-0.2, 0) is 5.92 Å². The van der Waals surface area contributed by atoms with Crippen molar-refractivity contribution in [3.05, 3.63) is 57.2 Å². The lowest BCUT2D eigenvalue weighted by Crippen LogP contribution is -2.77. The molecule has 1 aromatic heterocycles. The first-order chi connectivity index (χ1) is 16.7. The minimum absolute atomic E-state index is 0.0565. The van der Waals surface area contributed by atoms with Crippen LogP contribution in [0.15, 0.2) is 30.0 Å². The predicted octanol–water partition coefficient (Wildman–Crippen LogP) is 3.32. The van der Waals surface area contributed by atoms with E-state index in [0.29, 0.717) is 23.5 Å². The van der Waals surface area contributed by atoms with Crippen molar-refractivity contribution in [1.29, 1.82) is 0 Å². The molecule has 3 atom stereocenters. The molecule has 2 aromatic rings. The molecule has 2 fully saturated rings. The van der Waals surface area contributed by atoms with E-state index in [-0.39, 0.29) is 17.4 Å². The third-order valence-corrected chi connectivity index (χ3v) is 7.49. The first kappa shape index (κ1) is 23.7. The number of anilines is 1. The van der Waals surface area contributed by atoms with Gasteiger partial charge in [-0.3, -0.25) is 4.90 Å². The summed E-state index contributed by atoms with van der Waals surface area (Å²) in [6, 6.07) is 5.81. The van der Waals surface area contributed by atoms with Gasteiger partial charge in [-0.05, 0) is 46.4 Å². The lowest BCUT2D eigenvalue weighted by molar-refractivity contribution is -0.0879. The van der Waals surface area contributed by atoms with Crippen LogP contribution in [-0.4, -0.2) is 58.8 Å². The number of allylic oxidation sites excluding steroid dienone is 2. The van der Waals surface area contributed by atoms with Crippen molar-refractivity contribution >= 4 is 18.0 Å². The van der Waals surface area contributed by atoms with E-state index in [2.05, 4.69) is 57.5 Å². The average Bonchev–Trinajstić information content (AvgIpc) is 3.13. The fourth-order valence-electron chi connectivity index (χ4n) is 5.43. The number of nitrogens with one attached hydrogen (secondary N) is 1. The number of likely N-dealkylation sites (tertiary alicyclic amines) is 2. The van der Waals surface area contributed by atoms with Crippen molar-refractivity contribution in [2.24, 2.45) is 0 Å². The van der Waals surface area contributed by atoms with Gasteiger partial charge in [0.15, 0.2) is 12.4 Å². The van der Waals surface area contributed by atoms with Gasteiger partial charge in [-0.1, -0.05) is 31.2 Å². The number of nitrogens with zero attached hydrogens (tertiary/aromatic N) is 4. The molecule has 0 bridgehead atoms. The van der Waals surface area contributed by atoms with E-state index >= 15 is 0 Å². The van der Waals surface area contributed by atoms with E-state index in [0.717, 1.165) is 35.6 Å². The highest BCUT2D eigenvalue weighted by Gasteiger charge is 2.49. The highest BCUT2D eigenvalue weighted by Crippen LogP contribution is 2.45. The maximum atomic E-state index is 14.2. The third kappa shape index (κ3) is 3.97. The summed E-state index contributed by atoms with van der Waals surface area (Å²) in [6.07, 6.45) is 7.44. The van der Waals surface area contributed by atoms with Gasteiger partial charge in [0.1, 0.15) is 5.75 Å². The van der Waals surface area contributed by atoms with Crippen LogP contribution < -0.4 is 20.5 Å².